The van der Waals surface area contributed by atoms with Crippen LogP contribution in [0.25, 0.3) is 0 Å². The zero-order chi connectivity index (χ0) is 18.0. The van der Waals surface area contributed by atoms with Crippen molar-refractivity contribution in [2.24, 2.45) is 0 Å². The largest absolute Gasteiger partial charge is 0.373 e. The second-order valence-electron chi connectivity index (χ2n) is 7.01. The number of hydrogen-bond donors (Lipinski definition) is 0. The van der Waals surface area contributed by atoms with Crippen LogP contribution in [0, 0.1) is 6.92 Å². The Kier molecular flexibility index (Phi) is 4.65. The summed E-state index contributed by atoms with van der Waals surface area (Å²) < 4.78 is 12.1. The SMILES string of the molecule is Cc1ccncc1CO[C@H]1CCOC2(C1)CN(C(=O)c1cnccn1)C2. The molecule has 7 nitrogen and oxygen atoms in total. The van der Waals surface area contributed by atoms with Crippen molar-refractivity contribution in [2.75, 3.05) is 19.7 Å². The molecule has 7 heteroatoms. The van der Waals surface area contributed by atoms with Crippen molar-refractivity contribution >= 4 is 5.91 Å². The Hall–Kier alpha value is -2.38. The van der Waals surface area contributed by atoms with Crippen LogP contribution in [0.15, 0.2) is 37.1 Å². The van der Waals surface area contributed by atoms with E-state index in [-0.39, 0.29) is 17.6 Å². The number of rotatable bonds is 4. The van der Waals surface area contributed by atoms with E-state index in [1.807, 2.05) is 12.3 Å². The van der Waals surface area contributed by atoms with Crippen LogP contribution in [0.5, 0.6) is 0 Å². The van der Waals surface area contributed by atoms with Crippen molar-refractivity contribution in [2.45, 2.75) is 38.1 Å². The van der Waals surface area contributed by atoms with Gasteiger partial charge in [0.1, 0.15) is 11.3 Å². The average Bonchev–Trinajstić information content (AvgIpc) is 2.66. The van der Waals surface area contributed by atoms with Gasteiger partial charge in [-0.1, -0.05) is 0 Å². The summed E-state index contributed by atoms with van der Waals surface area (Å²) >= 11 is 0. The first-order valence-electron chi connectivity index (χ1n) is 8.86. The number of pyridine rings is 1. The van der Waals surface area contributed by atoms with E-state index in [1.54, 1.807) is 17.3 Å². The second-order valence-corrected chi connectivity index (χ2v) is 7.01. The summed E-state index contributed by atoms with van der Waals surface area (Å²) in [4.78, 5) is 26.4. The highest BCUT2D eigenvalue weighted by Gasteiger charge is 2.49. The summed E-state index contributed by atoms with van der Waals surface area (Å²) in [6.45, 7) is 4.43. The number of amides is 1. The molecule has 1 spiro atoms. The Morgan fingerprint density at radius 3 is 2.92 bits per heavy atom. The van der Waals surface area contributed by atoms with E-state index < -0.39 is 0 Å². The molecular formula is C19H22N4O3. The second kappa shape index (κ2) is 7.09. The summed E-state index contributed by atoms with van der Waals surface area (Å²) in [5.41, 5.74) is 2.38. The molecule has 4 heterocycles. The van der Waals surface area contributed by atoms with Gasteiger partial charge >= 0.3 is 0 Å². The van der Waals surface area contributed by atoms with Gasteiger partial charge in [0, 0.05) is 37.8 Å². The molecule has 26 heavy (non-hydrogen) atoms. The number of aryl methyl sites for hydroxylation is 1. The minimum Gasteiger partial charge on any atom is -0.373 e. The smallest absolute Gasteiger partial charge is 0.274 e. The highest BCUT2D eigenvalue weighted by atomic mass is 16.5. The number of hydrogen-bond acceptors (Lipinski definition) is 6. The lowest BCUT2D eigenvalue weighted by atomic mass is 9.84. The van der Waals surface area contributed by atoms with Gasteiger partial charge in [-0.05, 0) is 30.5 Å². The van der Waals surface area contributed by atoms with Gasteiger partial charge in [0.05, 0.1) is 32.0 Å². The molecule has 136 valence electrons. The zero-order valence-corrected chi connectivity index (χ0v) is 14.8. The van der Waals surface area contributed by atoms with E-state index >= 15 is 0 Å². The highest BCUT2D eigenvalue weighted by molar-refractivity contribution is 5.92. The molecule has 1 atom stereocenters. The fourth-order valence-electron chi connectivity index (χ4n) is 3.57. The van der Waals surface area contributed by atoms with E-state index in [1.165, 1.54) is 18.0 Å². The molecule has 0 aliphatic carbocycles. The zero-order valence-electron chi connectivity index (χ0n) is 14.8. The molecule has 0 saturated carbocycles. The Morgan fingerprint density at radius 2 is 2.15 bits per heavy atom. The molecule has 0 unspecified atom stereocenters. The number of carbonyl (C=O) groups is 1. The number of aromatic nitrogens is 3. The molecule has 1 amide bonds. The molecule has 2 aromatic rings. The maximum absolute atomic E-state index is 12.4. The first-order valence-corrected chi connectivity index (χ1v) is 8.86. The van der Waals surface area contributed by atoms with Crippen LogP contribution in [0.4, 0.5) is 0 Å². The van der Waals surface area contributed by atoms with Gasteiger partial charge in [-0.3, -0.25) is 14.8 Å². The van der Waals surface area contributed by atoms with Gasteiger partial charge in [-0.25, -0.2) is 4.98 Å². The molecule has 2 saturated heterocycles. The standard InChI is InChI=1S/C19H22N4O3/c1-14-2-4-20-9-15(14)11-25-16-3-7-26-19(8-16)12-23(13-19)18(24)17-10-21-5-6-22-17/h2,4-6,9-10,16H,3,7-8,11-13H2,1H3/t16-/m0/s1. The highest BCUT2D eigenvalue weighted by Crippen LogP contribution is 2.36. The lowest BCUT2D eigenvalue weighted by Crippen LogP contribution is -2.67. The Labute approximate surface area is 152 Å². The van der Waals surface area contributed by atoms with E-state index in [0.717, 1.165) is 18.4 Å². The third-order valence-corrected chi connectivity index (χ3v) is 5.10. The maximum Gasteiger partial charge on any atom is 0.274 e. The van der Waals surface area contributed by atoms with Crippen LogP contribution in [0.2, 0.25) is 0 Å². The van der Waals surface area contributed by atoms with Crippen LogP contribution in [-0.4, -0.2) is 57.2 Å². The van der Waals surface area contributed by atoms with E-state index in [4.69, 9.17) is 9.47 Å². The monoisotopic (exact) mass is 354 g/mol. The van der Waals surface area contributed by atoms with E-state index in [9.17, 15) is 4.79 Å². The topological polar surface area (TPSA) is 77.4 Å². The van der Waals surface area contributed by atoms with E-state index in [0.29, 0.717) is 32.0 Å². The lowest BCUT2D eigenvalue weighted by Gasteiger charge is -2.52. The fourth-order valence-corrected chi connectivity index (χ4v) is 3.57. The van der Waals surface area contributed by atoms with Crippen LogP contribution in [-0.2, 0) is 16.1 Å². The molecule has 0 aromatic carbocycles. The first kappa shape index (κ1) is 17.1. The Balaban J connectivity index is 1.32. The summed E-state index contributed by atoms with van der Waals surface area (Å²) in [5, 5.41) is 0. The Morgan fingerprint density at radius 1 is 1.31 bits per heavy atom. The minimum atomic E-state index is -0.287. The Bertz CT molecular complexity index is 777. The minimum absolute atomic E-state index is 0.0960. The van der Waals surface area contributed by atoms with Gasteiger partial charge in [-0.15, -0.1) is 0 Å². The van der Waals surface area contributed by atoms with Crippen LogP contribution >= 0.6 is 0 Å². The molecule has 0 bridgehead atoms. The predicted octanol–water partition coefficient (Wildman–Crippen LogP) is 1.77. The summed E-state index contributed by atoms with van der Waals surface area (Å²) in [5.74, 6) is -0.0960. The van der Waals surface area contributed by atoms with Crippen molar-refractivity contribution in [3.8, 4) is 0 Å². The number of nitrogens with zero attached hydrogens (tertiary/aromatic N) is 4. The summed E-state index contributed by atoms with van der Waals surface area (Å²) in [6.07, 6.45) is 10.0. The molecule has 4 rings (SSSR count). The van der Waals surface area contributed by atoms with Crippen LogP contribution < -0.4 is 0 Å². The van der Waals surface area contributed by atoms with Crippen molar-refractivity contribution in [1.82, 2.24) is 19.9 Å². The van der Waals surface area contributed by atoms with Gasteiger partial charge in [0.2, 0.25) is 0 Å². The normalized spacial score (nSPS) is 21.4. The van der Waals surface area contributed by atoms with Gasteiger partial charge in [-0.2, -0.15) is 0 Å². The predicted molar refractivity (Wildman–Crippen MR) is 93.4 cm³/mol. The van der Waals surface area contributed by atoms with E-state index in [2.05, 4.69) is 21.9 Å². The number of carbonyl (C=O) groups excluding carboxylic acids is 1. The van der Waals surface area contributed by atoms with Crippen LogP contribution in [0.1, 0.15) is 34.5 Å². The molecule has 0 N–H and O–H groups in total. The third kappa shape index (κ3) is 3.45. The maximum atomic E-state index is 12.4. The molecule has 2 aliphatic heterocycles. The molecular weight excluding hydrogens is 332 g/mol. The lowest BCUT2D eigenvalue weighted by molar-refractivity contribution is -0.188. The van der Waals surface area contributed by atoms with Crippen molar-refractivity contribution in [1.29, 1.82) is 0 Å². The molecule has 2 aliphatic rings. The van der Waals surface area contributed by atoms with Gasteiger partial charge < -0.3 is 14.4 Å². The number of likely N-dealkylation sites (tertiary alicyclic amines) is 1. The first-order chi connectivity index (χ1) is 12.7. The third-order valence-electron chi connectivity index (χ3n) is 5.10. The quantitative estimate of drug-likeness (QED) is 0.833. The summed E-state index contributed by atoms with van der Waals surface area (Å²) in [6, 6.07) is 1.99. The molecule has 0 radical (unpaired) electrons. The fraction of sp³-hybridized carbons (Fsp3) is 0.474. The average molecular weight is 354 g/mol. The summed E-state index contributed by atoms with van der Waals surface area (Å²) in [7, 11) is 0. The molecule has 2 aromatic heterocycles. The number of ether oxygens (including phenoxy) is 2. The van der Waals surface area contributed by atoms with Gasteiger partial charge in [0.15, 0.2) is 0 Å². The van der Waals surface area contributed by atoms with Crippen molar-refractivity contribution in [3.63, 3.8) is 0 Å². The van der Waals surface area contributed by atoms with Crippen LogP contribution in [0.3, 0.4) is 0 Å². The van der Waals surface area contributed by atoms with Gasteiger partial charge in [0.25, 0.3) is 5.91 Å². The van der Waals surface area contributed by atoms with Crippen molar-refractivity contribution in [3.05, 3.63) is 53.9 Å². The van der Waals surface area contributed by atoms with Crippen molar-refractivity contribution < 1.29 is 14.3 Å². The molecule has 2 fully saturated rings.